The van der Waals surface area contributed by atoms with Crippen LogP contribution in [-0.2, 0) is 0 Å². The first-order valence-electron chi connectivity index (χ1n) is 21.0. The van der Waals surface area contributed by atoms with E-state index in [1.807, 2.05) is 0 Å². The first-order chi connectivity index (χ1) is 21.9. The Balaban J connectivity index is 3.09. The standard InChI is InChI=1S/C44H85/c1-3-5-7-9-11-13-15-17-19-21-23-25-27-29-31-33-35-37-39-41-43-44-42-40-38-36-34-32-30-28-26-24-22-20-18-16-14-12-10-8-6-4-2/h17-20,43H,3-16,21-42,44H2,1-2H3/b19-17+,20-18?. The van der Waals surface area contributed by atoms with Crippen molar-refractivity contribution in [2.24, 2.45) is 0 Å². The molecule has 261 valence electrons. The van der Waals surface area contributed by atoms with Gasteiger partial charge in [0.25, 0.3) is 0 Å². The lowest BCUT2D eigenvalue weighted by atomic mass is 10.0. The normalized spacial score (nSPS) is 12.0. The highest BCUT2D eigenvalue weighted by Gasteiger charge is 1.96. The van der Waals surface area contributed by atoms with E-state index in [9.17, 15) is 0 Å². The van der Waals surface area contributed by atoms with Gasteiger partial charge in [0.2, 0.25) is 0 Å². The van der Waals surface area contributed by atoms with Crippen LogP contribution in [0, 0.1) is 6.42 Å². The van der Waals surface area contributed by atoms with E-state index in [1.54, 1.807) is 0 Å². The first kappa shape index (κ1) is 43.5. The fourth-order valence-corrected chi connectivity index (χ4v) is 6.45. The molecule has 0 N–H and O–H groups in total. The van der Waals surface area contributed by atoms with Gasteiger partial charge in [-0.1, -0.05) is 224 Å². The summed E-state index contributed by atoms with van der Waals surface area (Å²) in [5.74, 6) is 0. The van der Waals surface area contributed by atoms with Gasteiger partial charge >= 0.3 is 0 Å². The molecule has 1 radical (unpaired) electrons. The van der Waals surface area contributed by atoms with Crippen LogP contribution in [0.3, 0.4) is 0 Å². The molecule has 0 bridgehead atoms. The molecule has 0 aromatic rings. The summed E-state index contributed by atoms with van der Waals surface area (Å²) in [6.07, 6.45) is 64.9. The van der Waals surface area contributed by atoms with Crippen molar-refractivity contribution in [3.8, 4) is 0 Å². The third-order valence-corrected chi connectivity index (χ3v) is 9.59. The van der Waals surface area contributed by atoms with Gasteiger partial charge < -0.3 is 0 Å². The van der Waals surface area contributed by atoms with Crippen LogP contribution in [0.4, 0.5) is 0 Å². The Bertz CT molecular complexity index is 480. The molecule has 0 heterocycles. The Hall–Kier alpha value is -0.520. The lowest BCUT2D eigenvalue weighted by Gasteiger charge is -2.04. The molecule has 0 saturated carbocycles. The molecule has 0 aliphatic carbocycles. The van der Waals surface area contributed by atoms with Crippen molar-refractivity contribution in [2.45, 2.75) is 251 Å². The largest absolute Gasteiger partial charge is 0.0885 e. The van der Waals surface area contributed by atoms with Crippen molar-refractivity contribution in [1.82, 2.24) is 0 Å². The smallest absolute Gasteiger partial charge is 0.0351 e. The second-order valence-corrected chi connectivity index (χ2v) is 14.2. The SMILES string of the molecule is CCCCCCCCC=CCCCCCCCCCCCC[CH]CCCCCCCCCCC/C=C/CCCCCCCC. The molecule has 0 fully saturated rings. The van der Waals surface area contributed by atoms with Crippen LogP contribution in [0.15, 0.2) is 24.3 Å². The quantitative estimate of drug-likeness (QED) is 0.0478. The molecule has 0 atom stereocenters. The van der Waals surface area contributed by atoms with Gasteiger partial charge in [0, 0.05) is 0 Å². The van der Waals surface area contributed by atoms with Crippen LogP contribution in [0.1, 0.15) is 251 Å². The first-order valence-corrected chi connectivity index (χ1v) is 21.0. The van der Waals surface area contributed by atoms with Gasteiger partial charge in [0.05, 0.1) is 0 Å². The van der Waals surface area contributed by atoms with Crippen LogP contribution in [0.25, 0.3) is 0 Å². The van der Waals surface area contributed by atoms with Crippen molar-refractivity contribution in [1.29, 1.82) is 0 Å². The second kappa shape index (κ2) is 42.5. The highest BCUT2D eigenvalue weighted by atomic mass is 14.0. The van der Waals surface area contributed by atoms with E-state index < -0.39 is 0 Å². The minimum atomic E-state index is 1.31. The van der Waals surface area contributed by atoms with Gasteiger partial charge in [-0.15, -0.1) is 0 Å². The Morgan fingerprint density at radius 1 is 0.205 bits per heavy atom. The van der Waals surface area contributed by atoms with Gasteiger partial charge in [-0.25, -0.2) is 0 Å². The van der Waals surface area contributed by atoms with E-state index in [0.717, 1.165) is 0 Å². The maximum Gasteiger partial charge on any atom is -0.0351 e. The van der Waals surface area contributed by atoms with Crippen molar-refractivity contribution in [3.05, 3.63) is 30.7 Å². The van der Waals surface area contributed by atoms with Crippen LogP contribution >= 0.6 is 0 Å². The Kier molecular flexibility index (Phi) is 42.0. The maximum atomic E-state index is 2.59. The predicted octanol–water partition coefficient (Wildman–Crippen LogP) is 16.8. The maximum absolute atomic E-state index is 2.59. The molecule has 0 spiro atoms. The summed E-state index contributed by atoms with van der Waals surface area (Å²) in [6.45, 7) is 4.60. The zero-order valence-electron chi connectivity index (χ0n) is 31.0. The Labute approximate surface area is 281 Å². The van der Waals surface area contributed by atoms with Gasteiger partial charge in [0.1, 0.15) is 0 Å². The number of unbranched alkanes of at least 4 members (excludes halogenated alkanes) is 35. The summed E-state index contributed by atoms with van der Waals surface area (Å²) in [5, 5.41) is 0. The molecule has 0 amide bonds. The molecule has 0 aliphatic rings. The van der Waals surface area contributed by atoms with Gasteiger partial charge in [-0.2, -0.15) is 0 Å². The van der Waals surface area contributed by atoms with Gasteiger partial charge in [-0.05, 0) is 57.8 Å². The predicted molar refractivity (Wildman–Crippen MR) is 205 cm³/mol. The summed E-state index contributed by atoms with van der Waals surface area (Å²) in [7, 11) is 0. The molecule has 0 nitrogen and oxygen atoms in total. The fraction of sp³-hybridized carbons (Fsp3) is 0.886. The molecule has 44 heavy (non-hydrogen) atoms. The monoisotopic (exact) mass is 614 g/mol. The third-order valence-electron chi connectivity index (χ3n) is 9.59. The van der Waals surface area contributed by atoms with Crippen molar-refractivity contribution in [3.63, 3.8) is 0 Å². The zero-order valence-corrected chi connectivity index (χ0v) is 31.0. The second-order valence-electron chi connectivity index (χ2n) is 14.2. The summed E-state index contributed by atoms with van der Waals surface area (Å²) >= 11 is 0. The topological polar surface area (TPSA) is 0 Å². The molecule has 0 aromatic heterocycles. The van der Waals surface area contributed by atoms with Crippen LogP contribution in [0.5, 0.6) is 0 Å². The molecular weight excluding hydrogens is 528 g/mol. The highest BCUT2D eigenvalue weighted by molar-refractivity contribution is 4.82. The van der Waals surface area contributed by atoms with E-state index in [1.165, 1.54) is 238 Å². The molecule has 0 saturated heterocycles. The average Bonchev–Trinajstić information content (AvgIpc) is 3.04. The highest BCUT2D eigenvalue weighted by Crippen LogP contribution is 2.16. The molecule has 0 aromatic carbocycles. The van der Waals surface area contributed by atoms with E-state index in [2.05, 4.69) is 44.6 Å². The van der Waals surface area contributed by atoms with Crippen molar-refractivity contribution in [2.75, 3.05) is 0 Å². The van der Waals surface area contributed by atoms with E-state index >= 15 is 0 Å². The van der Waals surface area contributed by atoms with Gasteiger partial charge in [0.15, 0.2) is 0 Å². The lowest BCUT2D eigenvalue weighted by Crippen LogP contribution is -1.85. The molecular formula is C44H85. The van der Waals surface area contributed by atoms with Crippen LogP contribution in [-0.4, -0.2) is 0 Å². The van der Waals surface area contributed by atoms with E-state index in [4.69, 9.17) is 0 Å². The lowest BCUT2D eigenvalue weighted by molar-refractivity contribution is 0.544. The summed E-state index contributed by atoms with van der Waals surface area (Å²) in [5.41, 5.74) is 0. The number of hydrogen-bond acceptors (Lipinski definition) is 0. The van der Waals surface area contributed by atoms with Crippen molar-refractivity contribution >= 4 is 0 Å². The Morgan fingerprint density at radius 3 is 0.614 bits per heavy atom. The minimum Gasteiger partial charge on any atom is -0.0885 e. The third kappa shape index (κ3) is 41.5. The molecule has 0 rings (SSSR count). The number of hydrogen-bond donors (Lipinski definition) is 0. The molecule has 0 heteroatoms. The van der Waals surface area contributed by atoms with Crippen LogP contribution < -0.4 is 0 Å². The zero-order chi connectivity index (χ0) is 31.7. The summed E-state index contributed by atoms with van der Waals surface area (Å²) in [6, 6.07) is 0. The number of rotatable bonds is 39. The van der Waals surface area contributed by atoms with Gasteiger partial charge in [-0.3, -0.25) is 0 Å². The Morgan fingerprint density at radius 2 is 0.386 bits per heavy atom. The van der Waals surface area contributed by atoms with Crippen molar-refractivity contribution < 1.29 is 0 Å². The fourth-order valence-electron chi connectivity index (χ4n) is 6.45. The molecule has 0 unspecified atom stereocenters. The average molecular weight is 614 g/mol. The summed E-state index contributed by atoms with van der Waals surface area (Å²) < 4.78 is 0. The van der Waals surface area contributed by atoms with Crippen LogP contribution in [0.2, 0.25) is 0 Å². The minimum absolute atomic E-state index is 1.31. The van der Waals surface area contributed by atoms with E-state index in [0.29, 0.717) is 0 Å². The molecule has 0 aliphatic heterocycles. The summed E-state index contributed by atoms with van der Waals surface area (Å²) in [4.78, 5) is 0. The van der Waals surface area contributed by atoms with E-state index in [-0.39, 0.29) is 0 Å². The number of allylic oxidation sites excluding steroid dienone is 4.